The average molecular weight is 396 g/mol. The molecule has 0 saturated heterocycles. The first-order chi connectivity index (χ1) is 13.0. The van der Waals surface area contributed by atoms with Crippen LogP contribution < -0.4 is 14.2 Å². The smallest absolute Gasteiger partial charge is 0.230 e. The predicted molar refractivity (Wildman–Crippen MR) is 107 cm³/mol. The van der Waals surface area contributed by atoms with Crippen LogP contribution in [0.1, 0.15) is 50.6 Å². The molecule has 0 spiro atoms. The van der Waals surface area contributed by atoms with Crippen LogP contribution in [0, 0.1) is 0 Å². The second kappa shape index (κ2) is 8.82. The average Bonchev–Trinajstić information content (AvgIpc) is 3.16. The zero-order valence-corrected chi connectivity index (χ0v) is 16.9. The SMILES string of the molecule is CCCCCCOc1ccc2c(c1NS(C)(=O)=O)OCCC2N1C=NCC1. The number of rotatable bonds is 9. The third-order valence-corrected chi connectivity index (χ3v) is 5.38. The van der Waals surface area contributed by atoms with E-state index >= 15 is 0 Å². The highest BCUT2D eigenvalue weighted by Crippen LogP contribution is 2.45. The molecule has 0 aliphatic carbocycles. The van der Waals surface area contributed by atoms with Gasteiger partial charge in [0.05, 0.1) is 38.4 Å². The van der Waals surface area contributed by atoms with Gasteiger partial charge in [0.2, 0.25) is 10.0 Å². The molecule has 1 aromatic carbocycles. The molecule has 150 valence electrons. The summed E-state index contributed by atoms with van der Waals surface area (Å²) in [7, 11) is -3.46. The largest absolute Gasteiger partial charge is 0.491 e. The van der Waals surface area contributed by atoms with Gasteiger partial charge in [-0.1, -0.05) is 26.2 Å². The first-order valence-electron chi connectivity index (χ1n) is 9.65. The standard InChI is InChI=1S/C19H29N3O4S/c1-3-4-5-6-12-25-17-8-7-15-16(22-11-10-20-14-22)9-13-26-19(15)18(17)21-27(2,23)24/h7-8,14,16,21H,3-6,9-13H2,1-2H3. The molecule has 1 atom stereocenters. The van der Waals surface area contributed by atoms with E-state index in [2.05, 4.69) is 21.5 Å². The lowest BCUT2D eigenvalue weighted by molar-refractivity contribution is 0.209. The van der Waals surface area contributed by atoms with Crippen LogP contribution in [0.15, 0.2) is 17.1 Å². The molecule has 0 aromatic heterocycles. The molecule has 27 heavy (non-hydrogen) atoms. The fourth-order valence-corrected chi connectivity index (χ4v) is 4.08. The molecular weight excluding hydrogens is 366 g/mol. The molecule has 2 aliphatic heterocycles. The molecule has 0 saturated carbocycles. The van der Waals surface area contributed by atoms with Gasteiger partial charge in [-0.2, -0.15) is 0 Å². The number of nitrogens with one attached hydrogen (secondary N) is 1. The number of hydrogen-bond donors (Lipinski definition) is 1. The highest BCUT2D eigenvalue weighted by atomic mass is 32.2. The van der Waals surface area contributed by atoms with Crippen LogP contribution in [0.25, 0.3) is 0 Å². The number of anilines is 1. The van der Waals surface area contributed by atoms with Crippen molar-refractivity contribution in [2.24, 2.45) is 4.99 Å². The van der Waals surface area contributed by atoms with E-state index in [4.69, 9.17) is 9.47 Å². The number of hydrogen-bond acceptors (Lipinski definition) is 6. The molecule has 1 N–H and O–H groups in total. The summed E-state index contributed by atoms with van der Waals surface area (Å²) in [6, 6.07) is 3.97. The van der Waals surface area contributed by atoms with Crippen molar-refractivity contribution >= 4 is 22.0 Å². The summed E-state index contributed by atoms with van der Waals surface area (Å²) in [4.78, 5) is 6.49. The van der Waals surface area contributed by atoms with E-state index in [-0.39, 0.29) is 6.04 Å². The van der Waals surface area contributed by atoms with Gasteiger partial charge in [0.15, 0.2) is 5.75 Å². The normalized spacial score (nSPS) is 18.9. The Morgan fingerprint density at radius 2 is 2.19 bits per heavy atom. The summed E-state index contributed by atoms with van der Waals surface area (Å²) in [5.74, 6) is 1.09. The number of ether oxygens (including phenoxy) is 2. The zero-order chi connectivity index (χ0) is 19.3. The van der Waals surface area contributed by atoms with Crippen molar-refractivity contribution in [2.45, 2.75) is 45.1 Å². The van der Waals surface area contributed by atoms with Crippen LogP contribution >= 0.6 is 0 Å². The second-order valence-corrected chi connectivity index (χ2v) is 8.80. The molecule has 0 bridgehead atoms. The first kappa shape index (κ1) is 19.8. The monoisotopic (exact) mass is 395 g/mol. The van der Waals surface area contributed by atoms with E-state index in [1.807, 2.05) is 18.5 Å². The summed E-state index contributed by atoms with van der Waals surface area (Å²) in [5.41, 5.74) is 1.38. The van der Waals surface area contributed by atoms with Crippen molar-refractivity contribution in [3.63, 3.8) is 0 Å². The van der Waals surface area contributed by atoms with E-state index in [9.17, 15) is 8.42 Å². The lowest BCUT2D eigenvalue weighted by Gasteiger charge is -2.33. The van der Waals surface area contributed by atoms with Crippen LogP contribution in [0.5, 0.6) is 11.5 Å². The highest BCUT2D eigenvalue weighted by Gasteiger charge is 2.31. The molecule has 1 aromatic rings. The molecule has 0 amide bonds. The summed E-state index contributed by atoms with van der Waals surface area (Å²) in [5, 5.41) is 0. The van der Waals surface area contributed by atoms with Crippen LogP contribution in [-0.4, -0.2) is 52.2 Å². The Morgan fingerprint density at radius 3 is 2.89 bits per heavy atom. The number of benzene rings is 1. The van der Waals surface area contributed by atoms with E-state index < -0.39 is 10.0 Å². The van der Waals surface area contributed by atoms with Crippen molar-refractivity contribution < 1.29 is 17.9 Å². The van der Waals surface area contributed by atoms with Crippen LogP contribution in [-0.2, 0) is 10.0 Å². The summed E-state index contributed by atoms with van der Waals surface area (Å²) in [6.45, 7) is 4.91. The molecule has 7 nitrogen and oxygen atoms in total. The number of aliphatic imine (C=N–C) groups is 1. The number of nitrogens with zero attached hydrogens (tertiary/aromatic N) is 2. The fraction of sp³-hybridized carbons (Fsp3) is 0.632. The molecule has 3 rings (SSSR count). The van der Waals surface area contributed by atoms with Gasteiger partial charge in [0.1, 0.15) is 11.4 Å². The number of sulfonamides is 1. The number of fused-ring (bicyclic) bond motifs is 1. The Hall–Kier alpha value is -1.96. The maximum atomic E-state index is 11.9. The van der Waals surface area contributed by atoms with Crippen molar-refractivity contribution in [3.05, 3.63) is 17.7 Å². The van der Waals surface area contributed by atoms with Crippen LogP contribution in [0.4, 0.5) is 5.69 Å². The molecular formula is C19H29N3O4S. The Kier molecular flexibility index (Phi) is 6.46. The second-order valence-electron chi connectivity index (χ2n) is 7.05. The van der Waals surface area contributed by atoms with Crippen LogP contribution in [0.3, 0.4) is 0 Å². The van der Waals surface area contributed by atoms with E-state index in [0.29, 0.717) is 30.4 Å². The Balaban J connectivity index is 1.87. The van der Waals surface area contributed by atoms with Gasteiger partial charge in [0, 0.05) is 18.5 Å². The summed E-state index contributed by atoms with van der Waals surface area (Å²) < 4.78 is 38.3. The predicted octanol–water partition coefficient (Wildman–Crippen LogP) is 3.18. The summed E-state index contributed by atoms with van der Waals surface area (Å²) in [6.07, 6.45) is 8.24. The summed E-state index contributed by atoms with van der Waals surface area (Å²) >= 11 is 0. The molecule has 0 radical (unpaired) electrons. The third-order valence-electron chi connectivity index (χ3n) is 4.81. The maximum absolute atomic E-state index is 11.9. The van der Waals surface area contributed by atoms with Gasteiger partial charge in [-0.05, 0) is 18.6 Å². The van der Waals surface area contributed by atoms with E-state index in [1.165, 1.54) is 6.42 Å². The highest BCUT2D eigenvalue weighted by molar-refractivity contribution is 7.92. The lowest BCUT2D eigenvalue weighted by atomic mass is 9.98. The van der Waals surface area contributed by atoms with Gasteiger partial charge in [-0.3, -0.25) is 9.71 Å². The van der Waals surface area contributed by atoms with E-state index in [1.54, 1.807) is 0 Å². The van der Waals surface area contributed by atoms with Gasteiger partial charge >= 0.3 is 0 Å². The maximum Gasteiger partial charge on any atom is 0.230 e. The molecule has 2 aliphatic rings. The zero-order valence-electron chi connectivity index (χ0n) is 16.1. The van der Waals surface area contributed by atoms with Gasteiger partial charge in [-0.15, -0.1) is 0 Å². The van der Waals surface area contributed by atoms with Crippen molar-refractivity contribution in [2.75, 3.05) is 37.3 Å². The fourth-order valence-electron chi connectivity index (χ4n) is 3.51. The van der Waals surface area contributed by atoms with E-state index in [0.717, 1.165) is 50.6 Å². The minimum Gasteiger partial charge on any atom is -0.491 e. The van der Waals surface area contributed by atoms with Crippen molar-refractivity contribution in [3.8, 4) is 11.5 Å². The van der Waals surface area contributed by atoms with Crippen LogP contribution in [0.2, 0.25) is 0 Å². The number of unbranched alkanes of at least 4 members (excludes halogenated alkanes) is 3. The quantitative estimate of drug-likeness (QED) is 0.650. The van der Waals surface area contributed by atoms with Gasteiger partial charge in [-0.25, -0.2) is 8.42 Å². The van der Waals surface area contributed by atoms with Gasteiger partial charge < -0.3 is 14.4 Å². The topological polar surface area (TPSA) is 80.2 Å². The molecule has 2 heterocycles. The third kappa shape index (κ3) is 5.06. The first-order valence-corrected chi connectivity index (χ1v) is 11.5. The minimum atomic E-state index is -3.46. The Bertz CT molecular complexity index is 779. The van der Waals surface area contributed by atoms with Gasteiger partial charge in [0.25, 0.3) is 0 Å². The Labute approximate surface area is 161 Å². The lowest BCUT2D eigenvalue weighted by Crippen LogP contribution is -2.30. The van der Waals surface area contributed by atoms with Crippen molar-refractivity contribution in [1.29, 1.82) is 0 Å². The molecule has 1 unspecified atom stereocenters. The molecule has 8 heteroatoms. The Morgan fingerprint density at radius 1 is 1.33 bits per heavy atom. The minimum absolute atomic E-state index is 0.138. The van der Waals surface area contributed by atoms with Crippen molar-refractivity contribution in [1.82, 2.24) is 4.90 Å². The molecule has 0 fully saturated rings.